The van der Waals surface area contributed by atoms with Crippen LogP contribution >= 0.6 is 28.3 Å². The Morgan fingerprint density at radius 1 is 1.43 bits per heavy atom. The molecule has 1 aromatic carbocycles. The average Bonchev–Trinajstić information content (AvgIpc) is 2.90. The van der Waals surface area contributed by atoms with Crippen LogP contribution in [0.5, 0.6) is 0 Å². The minimum absolute atomic E-state index is 0. The highest BCUT2D eigenvalue weighted by Gasteiger charge is 2.49. The first-order valence-electron chi connectivity index (χ1n) is 7.44. The molecule has 1 saturated carbocycles. The maximum atomic E-state index is 12.7. The van der Waals surface area contributed by atoms with Crippen molar-refractivity contribution >= 4 is 34.2 Å². The second-order valence-corrected chi connectivity index (χ2v) is 6.96. The highest BCUT2D eigenvalue weighted by Crippen LogP contribution is 2.43. The van der Waals surface area contributed by atoms with Gasteiger partial charge in [0.1, 0.15) is 0 Å². The molecule has 1 amide bonds. The van der Waals surface area contributed by atoms with Crippen molar-refractivity contribution in [2.75, 3.05) is 13.1 Å². The van der Waals surface area contributed by atoms with Gasteiger partial charge in [-0.25, -0.2) is 0 Å². The third-order valence-electron chi connectivity index (χ3n) is 4.83. The Labute approximate surface area is 140 Å². The van der Waals surface area contributed by atoms with E-state index in [0.29, 0.717) is 12.5 Å². The van der Waals surface area contributed by atoms with Crippen molar-refractivity contribution in [2.45, 2.75) is 32.2 Å². The van der Waals surface area contributed by atoms with Crippen LogP contribution < -0.4 is 10.6 Å². The molecule has 2 aliphatic rings. The number of fused-ring (bicyclic) bond motifs is 1. The van der Waals surface area contributed by atoms with E-state index in [1.165, 1.54) is 19.3 Å². The van der Waals surface area contributed by atoms with Crippen molar-refractivity contribution in [2.24, 2.45) is 11.3 Å². The molecule has 1 aliphatic carbocycles. The summed E-state index contributed by atoms with van der Waals surface area (Å²) in [6, 6.07) is 8.11. The van der Waals surface area contributed by atoms with E-state index in [2.05, 4.69) is 32.6 Å². The number of hydrogen-bond acceptors (Lipinski definition) is 2. The topological polar surface area (TPSA) is 41.1 Å². The minimum Gasteiger partial charge on any atom is -0.351 e. The maximum Gasteiger partial charge on any atom is 0.228 e. The molecular formula is C16H22BrClN2O. The summed E-state index contributed by atoms with van der Waals surface area (Å²) in [5, 5.41) is 6.58. The number of rotatable bonds is 3. The number of halogens is 2. The van der Waals surface area contributed by atoms with Crippen LogP contribution in [0.15, 0.2) is 28.7 Å². The maximum absolute atomic E-state index is 12.7. The number of benzene rings is 1. The van der Waals surface area contributed by atoms with Crippen molar-refractivity contribution in [3.63, 3.8) is 0 Å². The van der Waals surface area contributed by atoms with E-state index in [9.17, 15) is 4.79 Å². The molecule has 2 N–H and O–H groups in total. The molecule has 0 spiro atoms. The van der Waals surface area contributed by atoms with Crippen LogP contribution in [0.3, 0.4) is 0 Å². The molecule has 116 valence electrons. The van der Waals surface area contributed by atoms with E-state index in [1.807, 2.05) is 18.2 Å². The first kappa shape index (κ1) is 16.8. The Balaban J connectivity index is 0.00000161. The van der Waals surface area contributed by atoms with Crippen LogP contribution in [0.25, 0.3) is 0 Å². The fourth-order valence-electron chi connectivity index (χ4n) is 3.70. The van der Waals surface area contributed by atoms with E-state index in [-0.39, 0.29) is 23.7 Å². The van der Waals surface area contributed by atoms with Gasteiger partial charge in [0.05, 0.1) is 5.41 Å². The zero-order valence-corrected chi connectivity index (χ0v) is 14.4. The number of amides is 1. The molecule has 1 aromatic rings. The second-order valence-electron chi connectivity index (χ2n) is 6.04. The molecule has 3 rings (SSSR count). The lowest BCUT2D eigenvalue weighted by molar-refractivity contribution is -0.134. The van der Waals surface area contributed by atoms with Crippen LogP contribution in [0.1, 0.15) is 31.2 Å². The Hall–Kier alpha value is -0.580. The highest BCUT2D eigenvalue weighted by molar-refractivity contribution is 9.10. The summed E-state index contributed by atoms with van der Waals surface area (Å²) in [5.41, 5.74) is 0.993. The lowest BCUT2D eigenvalue weighted by atomic mass is 9.67. The van der Waals surface area contributed by atoms with E-state index >= 15 is 0 Å². The molecule has 0 aromatic heterocycles. The van der Waals surface area contributed by atoms with Crippen molar-refractivity contribution in [1.82, 2.24) is 10.6 Å². The minimum atomic E-state index is -0.149. The van der Waals surface area contributed by atoms with E-state index in [4.69, 9.17) is 0 Å². The molecule has 0 bridgehead atoms. The fraction of sp³-hybridized carbons (Fsp3) is 0.562. The van der Waals surface area contributed by atoms with Crippen LogP contribution in [-0.4, -0.2) is 19.0 Å². The van der Waals surface area contributed by atoms with Gasteiger partial charge in [0.25, 0.3) is 0 Å². The van der Waals surface area contributed by atoms with E-state index < -0.39 is 0 Å². The number of hydrogen-bond donors (Lipinski definition) is 2. The third-order valence-corrected chi connectivity index (χ3v) is 5.33. The fourth-order valence-corrected chi connectivity index (χ4v) is 4.14. The van der Waals surface area contributed by atoms with Crippen LogP contribution in [0.4, 0.5) is 0 Å². The van der Waals surface area contributed by atoms with E-state index in [0.717, 1.165) is 29.5 Å². The molecule has 3 nitrogen and oxygen atoms in total. The van der Waals surface area contributed by atoms with Gasteiger partial charge in [0.2, 0.25) is 5.91 Å². The third kappa shape index (κ3) is 3.43. The van der Waals surface area contributed by atoms with Crippen molar-refractivity contribution < 1.29 is 4.79 Å². The monoisotopic (exact) mass is 372 g/mol. The Bertz CT molecular complexity index is 511. The largest absolute Gasteiger partial charge is 0.351 e. The predicted molar refractivity (Wildman–Crippen MR) is 90.5 cm³/mol. The van der Waals surface area contributed by atoms with Crippen molar-refractivity contribution in [3.8, 4) is 0 Å². The zero-order chi connectivity index (χ0) is 14.0. The normalized spacial score (nSPS) is 27.6. The van der Waals surface area contributed by atoms with Crippen LogP contribution in [0.2, 0.25) is 0 Å². The van der Waals surface area contributed by atoms with E-state index in [1.54, 1.807) is 0 Å². The summed E-state index contributed by atoms with van der Waals surface area (Å²) in [6.45, 7) is 2.47. The van der Waals surface area contributed by atoms with Crippen LogP contribution in [-0.2, 0) is 11.3 Å². The Morgan fingerprint density at radius 3 is 3.10 bits per heavy atom. The smallest absolute Gasteiger partial charge is 0.228 e. The molecule has 2 atom stereocenters. The van der Waals surface area contributed by atoms with Crippen molar-refractivity contribution in [1.29, 1.82) is 0 Å². The Kier molecular flexibility index (Phi) is 5.69. The van der Waals surface area contributed by atoms with Gasteiger partial charge in [-0.3, -0.25) is 4.79 Å². The van der Waals surface area contributed by atoms with Gasteiger partial charge in [0, 0.05) is 17.6 Å². The number of carbonyl (C=O) groups excluding carboxylic acids is 1. The summed E-state index contributed by atoms with van der Waals surface area (Å²) < 4.78 is 1.06. The predicted octanol–water partition coefficient (Wildman–Crippen LogP) is 3.27. The molecule has 1 aliphatic heterocycles. The Morgan fingerprint density at radius 2 is 2.29 bits per heavy atom. The standard InChI is InChI=1S/C16H21BrN2O.ClH/c17-14-6-3-4-12(8-14)9-19-15(20)16-7-2-1-5-13(16)10-18-11-16;/h3-4,6,8,13,18H,1-2,5,7,9-11H2,(H,19,20);1H/t13-,16+;/m0./s1. The first-order chi connectivity index (χ1) is 9.71. The summed E-state index contributed by atoms with van der Waals surface area (Å²) in [6.07, 6.45) is 4.68. The van der Waals surface area contributed by atoms with Gasteiger partial charge in [-0.05, 0) is 43.0 Å². The van der Waals surface area contributed by atoms with Gasteiger partial charge in [-0.15, -0.1) is 12.4 Å². The molecule has 0 unspecified atom stereocenters. The van der Waals surface area contributed by atoms with Crippen molar-refractivity contribution in [3.05, 3.63) is 34.3 Å². The zero-order valence-electron chi connectivity index (χ0n) is 12.0. The molecule has 1 heterocycles. The second kappa shape index (κ2) is 7.12. The van der Waals surface area contributed by atoms with Gasteiger partial charge in [-0.1, -0.05) is 40.9 Å². The molecule has 2 fully saturated rings. The number of nitrogens with one attached hydrogen (secondary N) is 2. The summed E-state index contributed by atoms with van der Waals surface area (Å²) in [4.78, 5) is 12.7. The van der Waals surface area contributed by atoms with Gasteiger partial charge in [-0.2, -0.15) is 0 Å². The molecule has 0 radical (unpaired) electrons. The number of carbonyl (C=O) groups is 1. The molecular weight excluding hydrogens is 352 g/mol. The summed E-state index contributed by atoms with van der Waals surface area (Å²) in [7, 11) is 0. The average molecular weight is 374 g/mol. The first-order valence-corrected chi connectivity index (χ1v) is 8.23. The SMILES string of the molecule is Cl.O=C(NCc1cccc(Br)c1)[C@@]12CCCC[C@H]1CNC2. The lowest BCUT2D eigenvalue weighted by Gasteiger charge is -2.37. The lowest BCUT2D eigenvalue weighted by Crippen LogP contribution is -2.47. The van der Waals surface area contributed by atoms with Gasteiger partial charge < -0.3 is 10.6 Å². The highest BCUT2D eigenvalue weighted by atomic mass is 79.9. The van der Waals surface area contributed by atoms with Crippen LogP contribution in [0, 0.1) is 11.3 Å². The summed E-state index contributed by atoms with van der Waals surface area (Å²) in [5.74, 6) is 0.769. The molecule has 21 heavy (non-hydrogen) atoms. The summed E-state index contributed by atoms with van der Waals surface area (Å²) >= 11 is 3.47. The molecule has 1 saturated heterocycles. The quantitative estimate of drug-likeness (QED) is 0.854. The molecule has 5 heteroatoms. The van der Waals surface area contributed by atoms with Gasteiger partial charge >= 0.3 is 0 Å². The van der Waals surface area contributed by atoms with Gasteiger partial charge in [0.15, 0.2) is 0 Å².